The maximum absolute atomic E-state index is 13.0. The van der Waals surface area contributed by atoms with Crippen molar-refractivity contribution >= 4 is 17.2 Å². The summed E-state index contributed by atoms with van der Waals surface area (Å²) in [6.45, 7) is 6.26. The molecule has 4 nitrogen and oxygen atoms in total. The fourth-order valence-corrected chi connectivity index (χ4v) is 4.34. The Hall–Kier alpha value is -0.940. The molecule has 110 valence electrons. The topological polar surface area (TPSA) is 42.4 Å². The van der Waals surface area contributed by atoms with Gasteiger partial charge in [0.05, 0.1) is 30.0 Å². The number of thiazole rings is 1. The van der Waals surface area contributed by atoms with E-state index in [0.717, 1.165) is 23.4 Å². The Morgan fingerprint density at radius 2 is 2.20 bits per heavy atom. The van der Waals surface area contributed by atoms with Gasteiger partial charge in [0.2, 0.25) is 0 Å². The number of nitrogens with zero attached hydrogens (tertiary/aromatic N) is 2. The fourth-order valence-electron chi connectivity index (χ4n) is 3.45. The van der Waals surface area contributed by atoms with E-state index in [1.807, 2.05) is 0 Å². The van der Waals surface area contributed by atoms with Gasteiger partial charge < -0.3 is 9.64 Å². The van der Waals surface area contributed by atoms with Crippen molar-refractivity contribution in [3.8, 4) is 0 Å². The van der Waals surface area contributed by atoms with Gasteiger partial charge in [-0.15, -0.1) is 11.3 Å². The molecule has 2 fully saturated rings. The predicted octanol–water partition coefficient (Wildman–Crippen LogP) is 3.05. The van der Waals surface area contributed by atoms with Crippen LogP contribution in [0.4, 0.5) is 0 Å². The van der Waals surface area contributed by atoms with E-state index >= 15 is 0 Å². The molecule has 0 radical (unpaired) electrons. The van der Waals surface area contributed by atoms with E-state index < -0.39 is 0 Å². The molecule has 1 aromatic heterocycles. The van der Waals surface area contributed by atoms with Crippen LogP contribution in [0.5, 0.6) is 0 Å². The van der Waals surface area contributed by atoms with Crippen LogP contribution < -0.4 is 0 Å². The van der Waals surface area contributed by atoms with E-state index in [-0.39, 0.29) is 11.4 Å². The Kier molecular flexibility index (Phi) is 3.82. The molecule has 1 saturated heterocycles. The van der Waals surface area contributed by atoms with E-state index in [9.17, 15) is 4.79 Å². The van der Waals surface area contributed by atoms with Gasteiger partial charge in [-0.3, -0.25) is 4.79 Å². The molecule has 2 heterocycles. The molecule has 0 bridgehead atoms. The molecule has 1 amide bonds. The van der Waals surface area contributed by atoms with Crippen molar-refractivity contribution < 1.29 is 9.53 Å². The van der Waals surface area contributed by atoms with Crippen molar-refractivity contribution in [1.82, 2.24) is 9.88 Å². The third kappa shape index (κ3) is 2.27. The van der Waals surface area contributed by atoms with E-state index in [2.05, 4.69) is 23.7 Å². The van der Waals surface area contributed by atoms with Gasteiger partial charge in [-0.1, -0.05) is 26.7 Å². The zero-order chi connectivity index (χ0) is 14.2. The monoisotopic (exact) mass is 294 g/mol. The first-order chi connectivity index (χ1) is 9.64. The minimum Gasteiger partial charge on any atom is -0.377 e. The van der Waals surface area contributed by atoms with Crippen molar-refractivity contribution in [2.45, 2.75) is 51.0 Å². The van der Waals surface area contributed by atoms with Gasteiger partial charge in [-0.05, 0) is 18.8 Å². The van der Waals surface area contributed by atoms with Gasteiger partial charge in [0.15, 0.2) is 0 Å². The Morgan fingerprint density at radius 1 is 1.45 bits per heavy atom. The molecule has 0 unspecified atom stereocenters. The first kappa shape index (κ1) is 14.0. The van der Waals surface area contributed by atoms with Crippen LogP contribution in [0.3, 0.4) is 0 Å². The predicted molar refractivity (Wildman–Crippen MR) is 79.3 cm³/mol. The highest BCUT2D eigenvalue weighted by atomic mass is 32.1. The number of morpholine rings is 1. The lowest BCUT2D eigenvalue weighted by atomic mass is 9.94. The summed E-state index contributed by atoms with van der Waals surface area (Å²) in [4.78, 5) is 20.3. The normalized spacial score (nSPS) is 21.9. The molecule has 1 saturated carbocycles. The highest BCUT2D eigenvalue weighted by Gasteiger charge is 2.45. The second-order valence-corrected chi connectivity index (χ2v) is 7.02. The van der Waals surface area contributed by atoms with Gasteiger partial charge in [-0.2, -0.15) is 0 Å². The summed E-state index contributed by atoms with van der Waals surface area (Å²) in [5.41, 5.74) is 2.69. The standard InChI is InChI=1S/C15H22N2O2S/c1-11(2)12-13(20-10-16-12)14(18)17-7-8-19-9-15(17)5-3-4-6-15/h10-11H,3-9H2,1-2H3. The number of carbonyl (C=O) groups is 1. The Balaban J connectivity index is 1.90. The SMILES string of the molecule is CC(C)c1ncsc1C(=O)N1CCOCC12CCCC2. The Labute approximate surface area is 124 Å². The van der Waals surface area contributed by atoms with Crippen molar-refractivity contribution in [2.24, 2.45) is 0 Å². The summed E-state index contributed by atoms with van der Waals surface area (Å²) < 4.78 is 5.68. The molecule has 1 aromatic rings. The molecule has 0 aromatic carbocycles. The molecule has 5 heteroatoms. The zero-order valence-corrected chi connectivity index (χ0v) is 13.0. The van der Waals surface area contributed by atoms with Crippen LogP contribution >= 0.6 is 11.3 Å². The number of ether oxygens (including phenoxy) is 1. The van der Waals surface area contributed by atoms with Crippen LogP contribution in [-0.4, -0.2) is 41.1 Å². The summed E-state index contributed by atoms with van der Waals surface area (Å²) in [5, 5.41) is 0. The molecule has 2 aliphatic rings. The summed E-state index contributed by atoms with van der Waals surface area (Å²) in [7, 11) is 0. The summed E-state index contributed by atoms with van der Waals surface area (Å²) in [5.74, 6) is 0.460. The fraction of sp³-hybridized carbons (Fsp3) is 0.733. The summed E-state index contributed by atoms with van der Waals surface area (Å²) in [6, 6.07) is 0. The molecule has 20 heavy (non-hydrogen) atoms. The number of amides is 1. The Morgan fingerprint density at radius 3 is 2.90 bits per heavy atom. The van der Waals surface area contributed by atoms with Crippen LogP contribution in [0, 0.1) is 0 Å². The summed E-state index contributed by atoms with van der Waals surface area (Å²) in [6.07, 6.45) is 4.56. The molecule has 1 aliphatic heterocycles. The highest BCUT2D eigenvalue weighted by molar-refractivity contribution is 7.11. The molecular formula is C15H22N2O2S. The minimum atomic E-state index is -0.0480. The van der Waals surface area contributed by atoms with Crippen LogP contribution in [0.15, 0.2) is 5.51 Å². The lowest BCUT2D eigenvalue weighted by Crippen LogP contribution is -2.57. The maximum atomic E-state index is 13.0. The van der Waals surface area contributed by atoms with E-state index in [1.165, 1.54) is 24.2 Å². The van der Waals surface area contributed by atoms with Gasteiger partial charge in [0.1, 0.15) is 4.88 Å². The number of rotatable bonds is 2. The van der Waals surface area contributed by atoms with E-state index in [4.69, 9.17) is 4.74 Å². The van der Waals surface area contributed by atoms with Gasteiger partial charge in [0.25, 0.3) is 5.91 Å². The third-order valence-electron chi connectivity index (χ3n) is 4.52. The minimum absolute atomic E-state index is 0.0480. The molecule has 3 rings (SSSR count). The quantitative estimate of drug-likeness (QED) is 0.842. The number of carbonyl (C=O) groups excluding carboxylic acids is 1. The van der Waals surface area contributed by atoms with Crippen molar-refractivity contribution in [3.05, 3.63) is 16.1 Å². The molecule has 0 atom stereocenters. The smallest absolute Gasteiger partial charge is 0.266 e. The number of aromatic nitrogens is 1. The first-order valence-electron chi connectivity index (χ1n) is 7.47. The van der Waals surface area contributed by atoms with Crippen LogP contribution in [-0.2, 0) is 4.74 Å². The summed E-state index contributed by atoms with van der Waals surface area (Å²) >= 11 is 1.48. The molecular weight excluding hydrogens is 272 g/mol. The van der Waals surface area contributed by atoms with Gasteiger partial charge in [-0.25, -0.2) is 4.98 Å². The van der Waals surface area contributed by atoms with E-state index in [0.29, 0.717) is 25.7 Å². The Bertz CT molecular complexity index is 492. The second-order valence-electron chi connectivity index (χ2n) is 6.16. The first-order valence-corrected chi connectivity index (χ1v) is 8.35. The highest BCUT2D eigenvalue weighted by Crippen LogP contribution is 2.39. The third-order valence-corrected chi connectivity index (χ3v) is 5.35. The molecule has 0 N–H and O–H groups in total. The lowest BCUT2D eigenvalue weighted by molar-refractivity contribution is -0.0500. The van der Waals surface area contributed by atoms with Crippen molar-refractivity contribution in [2.75, 3.05) is 19.8 Å². The lowest BCUT2D eigenvalue weighted by Gasteiger charge is -2.44. The van der Waals surface area contributed by atoms with E-state index in [1.54, 1.807) is 5.51 Å². The molecule has 1 spiro atoms. The van der Waals surface area contributed by atoms with Crippen LogP contribution in [0.25, 0.3) is 0 Å². The second kappa shape index (κ2) is 5.45. The van der Waals surface area contributed by atoms with Crippen LogP contribution in [0.1, 0.15) is 60.8 Å². The average Bonchev–Trinajstić information content (AvgIpc) is 3.08. The maximum Gasteiger partial charge on any atom is 0.266 e. The average molecular weight is 294 g/mol. The largest absolute Gasteiger partial charge is 0.377 e. The van der Waals surface area contributed by atoms with Crippen LogP contribution in [0.2, 0.25) is 0 Å². The zero-order valence-electron chi connectivity index (χ0n) is 12.2. The van der Waals surface area contributed by atoms with Crippen molar-refractivity contribution in [3.63, 3.8) is 0 Å². The van der Waals surface area contributed by atoms with Crippen molar-refractivity contribution in [1.29, 1.82) is 0 Å². The number of hydrogen-bond donors (Lipinski definition) is 0. The van der Waals surface area contributed by atoms with Gasteiger partial charge in [0, 0.05) is 6.54 Å². The molecule has 1 aliphatic carbocycles. The van der Waals surface area contributed by atoms with Gasteiger partial charge >= 0.3 is 0 Å². The number of hydrogen-bond acceptors (Lipinski definition) is 4.